The van der Waals surface area contributed by atoms with Crippen LogP contribution in [0.15, 0.2) is 0 Å². The van der Waals surface area contributed by atoms with E-state index in [1.54, 1.807) is 0 Å². The Morgan fingerprint density at radius 2 is 1.15 bits per heavy atom. The van der Waals surface area contributed by atoms with Crippen LogP contribution in [-0.4, -0.2) is 28.6 Å². The fourth-order valence-corrected chi connectivity index (χ4v) is 1.59. The Labute approximate surface area is 121 Å². The lowest BCUT2D eigenvalue weighted by Gasteiger charge is -2.00. The number of hydrogen-bond donors (Lipinski definition) is 4. The normalized spacial score (nSPS) is 10.2. The van der Waals surface area contributed by atoms with Crippen molar-refractivity contribution >= 4 is 16.4 Å². The number of carbonyl (C=O) groups is 1. The number of carboxylic acids is 1. The van der Waals surface area contributed by atoms with Gasteiger partial charge in [-0.1, -0.05) is 58.3 Å². The second kappa shape index (κ2) is 16.4. The molecule has 6 N–H and O–H groups in total. The average Bonchev–Trinajstić information content (AvgIpc) is 2.24. The van der Waals surface area contributed by atoms with Crippen molar-refractivity contribution in [2.24, 2.45) is 0 Å². The summed E-state index contributed by atoms with van der Waals surface area (Å²) in [5, 5.41) is 8.41. The molecule has 0 aromatic heterocycles. The predicted octanol–water partition coefficient (Wildman–Crippen LogP) is 3.50. The third-order valence-corrected chi connectivity index (χ3v) is 2.49. The van der Waals surface area contributed by atoms with Crippen LogP contribution in [-0.2, 0) is 15.2 Å². The standard InChI is InChI=1S/C12H24O2.H3N.H2O4S/c1-2-3-4-5-6-7-8-9-10-11-12(13)14;;1-5(2,3)4/h2-11H2,1H3,(H,13,14);1H3;(H2,1,2,3,4). The third-order valence-electron chi connectivity index (χ3n) is 2.49. The van der Waals surface area contributed by atoms with Crippen LogP contribution in [0.2, 0.25) is 0 Å². The smallest absolute Gasteiger partial charge is 0.394 e. The van der Waals surface area contributed by atoms with Gasteiger partial charge in [0.1, 0.15) is 0 Å². The van der Waals surface area contributed by atoms with Crippen molar-refractivity contribution in [3.63, 3.8) is 0 Å². The molecule has 0 unspecified atom stereocenters. The zero-order valence-electron chi connectivity index (χ0n) is 12.3. The maximum Gasteiger partial charge on any atom is 0.394 e. The van der Waals surface area contributed by atoms with Gasteiger partial charge in [0.25, 0.3) is 0 Å². The van der Waals surface area contributed by atoms with Crippen molar-refractivity contribution in [1.82, 2.24) is 6.15 Å². The van der Waals surface area contributed by atoms with E-state index in [0.717, 1.165) is 12.8 Å². The molecule has 124 valence electrons. The maximum atomic E-state index is 10.2. The summed E-state index contributed by atoms with van der Waals surface area (Å²) in [6.45, 7) is 2.23. The summed E-state index contributed by atoms with van der Waals surface area (Å²) >= 11 is 0. The molecule has 0 heterocycles. The molecule has 0 saturated heterocycles. The Kier molecular flexibility index (Phi) is 19.9. The van der Waals surface area contributed by atoms with Gasteiger partial charge in [0.15, 0.2) is 0 Å². The van der Waals surface area contributed by atoms with Crippen LogP contribution < -0.4 is 6.15 Å². The van der Waals surface area contributed by atoms with Gasteiger partial charge in [-0.3, -0.25) is 13.9 Å². The zero-order chi connectivity index (χ0) is 15.1. The van der Waals surface area contributed by atoms with Gasteiger partial charge in [-0.15, -0.1) is 0 Å². The first-order chi connectivity index (χ1) is 8.77. The van der Waals surface area contributed by atoms with Gasteiger partial charge < -0.3 is 11.3 Å². The first kappa shape index (κ1) is 24.3. The molecule has 0 aliphatic heterocycles. The summed E-state index contributed by atoms with van der Waals surface area (Å²) < 4.78 is 31.6. The summed E-state index contributed by atoms with van der Waals surface area (Å²) in [6, 6.07) is 0. The van der Waals surface area contributed by atoms with Crippen molar-refractivity contribution in [2.75, 3.05) is 0 Å². The number of rotatable bonds is 10. The first-order valence-corrected chi connectivity index (χ1v) is 8.08. The van der Waals surface area contributed by atoms with E-state index in [2.05, 4.69) is 6.92 Å². The number of carboxylic acid groups (broad SMARTS) is 1. The topological polar surface area (TPSA) is 147 Å². The van der Waals surface area contributed by atoms with Crippen molar-refractivity contribution in [2.45, 2.75) is 71.1 Å². The number of hydrogen-bond acceptors (Lipinski definition) is 4. The number of unbranched alkanes of at least 4 members (excludes halogenated alkanes) is 8. The predicted molar refractivity (Wildman–Crippen MR) is 78.7 cm³/mol. The van der Waals surface area contributed by atoms with Crippen LogP contribution >= 0.6 is 0 Å². The van der Waals surface area contributed by atoms with Crippen LogP contribution in [0.4, 0.5) is 0 Å². The lowest BCUT2D eigenvalue weighted by Crippen LogP contribution is -1.93. The molecule has 0 atom stereocenters. The minimum Gasteiger partial charge on any atom is -0.481 e. The molecular weight excluding hydrogens is 286 g/mol. The van der Waals surface area contributed by atoms with E-state index in [4.69, 9.17) is 22.6 Å². The fraction of sp³-hybridized carbons (Fsp3) is 0.917. The highest BCUT2D eigenvalue weighted by Gasteiger charge is 1.96. The zero-order valence-corrected chi connectivity index (χ0v) is 13.1. The van der Waals surface area contributed by atoms with Crippen LogP contribution in [0.1, 0.15) is 71.1 Å². The van der Waals surface area contributed by atoms with Crippen LogP contribution in [0.5, 0.6) is 0 Å². The van der Waals surface area contributed by atoms with Crippen molar-refractivity contribution in [1.29, 1.82) is 0 Å². The highest BCUT2D eigenvalue weighted by Crippen LogP contribution is 2.10. The second-order valence-electron chi connectivity index (χ2n) is 4.42. The van der Waals surface area contributed by atoms with Crippen molar-refractivity contribution in [3.8, 4) is 0 Å². The molecule has 0 aliphatic rings. The molecular formula is C12H29NO6S. The molecule has 20 heavy (non-hydrogen) atoms. The Morgan fingerprint density at radius 3 is 1.45 bits per heavy atom. The lowest BCUT2D eigenvalue weighted by atomic mass is 10.1. The molecule has 0 radical (unpaired) electrons. The molecule has 0 aliphatic carbocycles. The summed E-state index contributed by atoms with van der Waals surface area (Å²) in [5.41, 5.74) is 0. The van der Waals surface area contributed by atoms with E-state index in [1.165, 1.54) is 44.9 Å². The van der Waals surface area contributed by atoms with Crippen molar-refractivity contribution < 1.29 is 27.4 Å². The summed E-state index contributed by atoms with van der Waals surface area (Å²) in [7, 11) is -4.67. The van der Waals surface area contributed by atoms with E-state index in [0.29, 0.717) is 6.42 Å². The van der Waals surface area contributed by atoms with Gasteiger partial charge in [-0.05, 0) is 6.42 Å². The van der Waals surface area contributed by atoms with Gasteiger partial charge in [-0.25, -0.2) is 0 Å². The minimum atomic E-state index is -4.67. The second-order valence-corrected chi connectivity index (χ2v) is 5.32. The quantitative estimate of drug-likeness (QED) is 0.356. The van der Waals surface area contributed by atoms with Gasteiger partial charge >= 0.3 is 16.4 Å². The van der Waals surface area contributed by atoms with E-state index in [9.17, 15) is 4.79 Å². The fourth-order valence-electron chi connectivity index (χ4n) is 1.59. The Bertz CT molecular complexity index is 297. The molecule has 0 rings (SSSR count). The van der Waals surface area contributed by atoms with Gasteiger partial charge in [0, 0.05) is 6.42 Å². The Balaban J connectivity index is -0.000000414. The lowest BCUT2D eigenvalue weighted by molar-refractivity contribution is -0.137. The molecule has 0 saturated carbocycles. The Morgan fingerprint density at radius 1 is 0.850 bits per heavy atom. The van der Waals surface area contributed by atoms with Crippen LogP contribution in [0.3, 0.4) is 0 Å². The Hall–Kier alpha value is -0.700. The highest BCUT2D eigenvalue weighted by atomic mass is 32.3. The maximum absolute atomic E-state index is 10.2. The SMILES string of the molecule is CCCCCCCCCCCC(=O)O.N.O=S(=O)(O)O. The molecule has 0 fully saturated rings. The molecule has 7 nitrogen and oxygen atoms in total. The first-order valence-electron chi connectivity index (χ1n) is 6.69. The van der Waals surface area contributed by atoms with E-state index in [-0.39, 0.29) is 6.15 Å². The van der Waals surface area contributed by atoms with Crippen molar-refractivity contribution in [3.05, 3.63) is 0 Å². The summed E-state index contributed by atoms with van der Waals surface area (Å²) in [4.78, 5) is 10.2. The molecule has 0 bridgehead atoms. The van der Waals surface area contributed by atoms with Gasteiger partial charge in [0.2, 0.25) is 0 Å². The molecule has 8 heteroatoms. The van der Waals surface area contributed by atoms with E-state index >= 15 is 0 Å². The average molecular weight is 315 g/mol. The highest BCUT2D eigenvalue weighted by molar-refractivity contribution is 7.79. The molecule has 0 aromatic rings. The summed E-state index contributed by atoms with van der Waals surface area (Å²) in [5.74, 6) is -0.659. The van der Waals surface area contributed by atoms with Gasteiger partial charge in [0.05, 0.1) is 0 Å². The van der Waals surface area contributed by atoms with E-state index < -0.39 is 16.4 Å². The monoisotopic (exact) mass is 315 g/mol. The third kappa shape index (κ3) is 43.3. The van der Waals surface area contributed by atoms with Crippen LogP contribution in [0.25, 0.3) is 0 Å². The largest absolute Gasteiger partial charge is 0.481 e. The minimum absolute atomic E-state index is 0. The molecule has 0 spiro atoms. The molecule has 0 amide bonds. The van der Waals surface area contributed by atoms with Gasteiger partial charge in [-0.2, -0.15) is 8.42 Å². The van der Waals surface area contributed by atoms with E-state index in [1.807, 2.05) is 0 Å². The molecule has 0 aromatic carbocycles. The summed E-state index contributed by atoms with van der Waals surface area (Å²) in [6.07, 6.45) is 11.5. The number of aliphatic carboxylic acids is 1. The van der Waals surface area contributed by atoms with Crippen LogP contribution in [0, 0.1) is 0 Å².